The van der Waals surface area contributed by atoms with E-state index in [0.29, 0.717) is 11.8 Å². The predicted octanol–water partition coefficient (Wildman–Crippen LogP) is 10.0. The van der Waals surface area contributed by atoms with Crippen LogP contribution in [0.5, 0.6) is 0 Å². The molecule has 0 aromatic heterocycles. The number of fused-ring (bicyclic) bond motifs is 1. The first-order valence-electron chi connectivity index (χ1n) is 15.6. The van der Waals surface area contributed by atoms with E-state index in [4.69, 9.17) is 8.85 Å². The van der Waals surface area contributed by atoms with Crippen LogP contribution in [0.1, 0.15) is 100 Å². The van der Waals surface area contributed by atoms with Crippen LogP contribution in [-0.4, -0.2) is 35.1 Å². The molecule has 0 bridgehead atoms. The zero-order valence-electron chi connectivity index (χ0n) is 27.5. The average Bonchev–Trinajstić information content (AvgIpc) is 3.15. The van der Waals surface area contributed by atoms with Crippen molar-refractivity contribution in [1.29, 1.82) is 0 Å². The third kappa shape index (κ3) is 6.84. The molecule has 0 aromatic rings. The number of aldehydes is 1. The number of rotatable bonds is 7. The summed E-state index contributed by atoms with van der Waals surface area (Å²) in [6, 6.07) is 0. The van der Waals surface area contributed by atoms with Crippen molar-refractivity contribution in [2.75, 3.05) is 0 Å². The van der Waals surface area contributed by atoms with E-state index in [1.807, 2.05) is 0 Å². The third-order valence-corrected chi connectivity index (χ3v) is 20.6. The summed E-state index contributed by atoms with van der Waals surface area (Å²) < 4.78 is 14.1. The van der Waals surface area contributed by atoms with Gasteiger partial charge in [0.15, 0.2) is 16.6 Å². The fourth-order valence-electron chi connectivity index (χ4n) is 6.93. The Hall–Kier alpha value is -0.756. The third-order valence-electron chi connectivity index (χ3n) is 11.6. The van der Waals surface area contributed by atoms with Crippen LogP contribution in [0.3, 0.4) is 0 Å². The van der Waals surface area contributed by atoms with Gasteiger partial charge in [0.1, 0.15) is 6.29 Å². The summed E-state index contributed by atoms with van der Waals surface area (Å²) in [4.78, 5) is 11.7. The maximum absolute atomic E-state index is 11.7. The summed E-state index contributed by atoms with van der Waals surface area (Å²) in [5.41, 5.74) is 4.43. The topological polar surface area (TPSA) is 35.5 Å². The second kappa shape index (κ2) is 11.5. The normalized spacial score (nSPS) is 32.8. The van der Waals surface area contributed by atoms with E-state index >= 15 is 0 Å². The Morgan fingerprint density at radius 3 is 1.90 bits per heavy atom. The van der Waals surface area contributed by atoms with Crippen LogP contribution in [-0.2, 0) is 13.6 Å². The highest BCUT2D eigenvalue weighted by Gasteiger charge is 2.51. The molecule has 0 radical (unpaired) electrons. The maximum Gasteiger partial charge on any atom is 0.192 e. The molecule has 3 nitrogen and oxygen atoms in total. The van der Waals surface area contributed by atoms with Crippen LogP contribution in [0.15, 0.2) is 35.5 Å². The fraction of sp³-hybridized carbons (Fsp3) is 0.794. The van der Waals surface area contributed by atoms with E-state index < -0.39 is 16.6 Å². The Morgan fingerprint density at radius 1 is 0.923 bits per heavy atom. The van der Waals surface area contributed by atoms with Crippen molar-refractivity contribution >= 4 is 22.9 Å². The van der Waals surface area contributed by atoms with Crippen molar-refractivity contribution < 1.29 is 13.6 Å². The lowest BCUT2D eigenvalue weighted by atomic mass is 9.61. The van der Waals surface area contributed by atoms with Crippen molar-refractivity contribution in [3.8, 4) is 0 Å². The molecule has 0 spiro atoms. The molecule has 0 aromatic carbocycles. The standard InChI is InChI=1S/C34H60O3Si2/c1-24(23-35)28-18-19-29-27(15-14-20-34(28,29)9)17-16-26-21-30(36-38(10,11)32(3,4)5)25(2)31(22-26)37-39(12,13)33(6,7)8/h16-17,23-24,28-31H,2,14-15,18-22H2,1,3-13H3/b27-17-/t24-,28?,29?,30+,31+,34?/m0/s1. The highest BCUT2D eigenvalue weighted by molar-refractivity contribution is 6.74. The first kappa shape index (κ1) is 32.8. The first-order valence-corrected chi connectivity index (χ1v) is 21.4. The van der Waals surface area contributed by atoms with Gasteiger partial charge in [0, 0.05) is 5.92 Å². The Bertz CT molecular complexity index is 935. The van der Waals surface area contributed by atoms with E-state index in [9.17, 15) is 4.79 Å². The fourth-order valence-corrected chi connectivity index (χ4v) is 9.53. The Labute approximate surface area is 243 Å². The monoisotopic (exact) mass is 572 g/mol. The van der Waals surface area contributed by atoms with Gasteiger partial charge in [-0.3, -0.25) is 0 Å². The van der Waals surface area contributed by atoms with Gasteiger partial charge in [-0.15, -0.1) is 0 Å². The van der Waals surface area contributed by atoms with Gasteiger partial charge in [0.25, 0.3) is 0 Å². The molecule has 0 aliphatic heterocycles. The number of hydrogen-bond acceptors (Lipinski definition) is 3. The minimum absolute atomic E-state index is 0.0139. The van der Waals surface area contributed by atoms with Gasteiger partial charge in [-0.25, -0.2) is 0 Å². The minimum atomic E-state index is -1.97. The maximum atomic E-state index is 11.7. The molecule has 3 rings (SSSR count). The zero-order valence-corrected chi connectivity index (χ0v) is 29.5. The van der Waals surface area contributed by atoms with E-state index in [1.165, 1.54) is 44.0 Å². The molecule has 0 amide bonds. The molecular weight excluding hydrogens is 513 g/mol. The summed E-state index contributed by atoms with van der Waals surface area (Å²) in [7, 11) is -3.94. The van der Waals surface area contributed by atoms with Crippen molar-refractivity contribution in [2.45, 2.75) is 149 Å². The molecule has 3 saturated carbocycles. The van der Waals surface area contributed by atoms with E-state index in [0.717, 1.165) is 18.4 Å². The molecule has 0 saturated heterocycles. The SMILES string of the molecule is C=C1[C@H](O[Si](C)(C)C(C)(C)C)CC(=C/C=C2/CCCC3(C)C2CCC3[C@@H](C)C=O)C[C@H]1O[Si](C)(C)C(C)(C)C. The van der Waals surface area contributed by atoms with Crippen LogP contribution in [0.2, 0.25) is 36.3 Å². The lowest BCUT2D eigenvalue weighted by molar-refractivity contribution is -0.113. The lowest BCUT2D eigenvalue weighted by Crippen LogP contribution is -2.49. The lowest BCUT2D eigenvalue weighted by Gasteiger charge is -2.46. The molecule has 222 valence electrons. The molecule has 3 aliphatic rings. The van der Waals surface area contributed by atoms with Gasteiger partial charge in [-0.1, -0.05) is 85.3 Å². The van der Waals surface area contributed by atoms with Crippen LogP contribution in [0, 0.1) is 23.2 Å². The molecule has 39 heavy (non-hydrogen) atoms. The van der Waals surface area contributed by atoms with Crippen LogP contribution >= 0.6 is 0 Å². The van der Waals surface area contributed by atoms with Gasteiger partial charge in [-0.2, -0.15) is 0 Å². The Morgan fingerprint density at radius 2 is 1.44 bits per heavy atom. The number of hydrogen-bond donors (Lipinski definition) is 0. The highest BCUT2D eigenvalue weighted by Crippen LogP contribution is 2.59. The Kier molecular flexibility index (Phi) is 9.65. The molecular formula is C34H60O3Si2. The molecule has 3 fully saturated rings. The van der Waals surface area contributed by atoms with Gasteiger partial charge in [0.05, 0.1) is 12.2 Å². The van der Waals surface area contributed by atoms with E-state index in [2.05, 4.69) is 100 Å². The summed E-state index contributed by atoms with van der Waals surface area (Å²) in [6.45, 7) is 32.5. The number of carbonyl (C=O) groups excluding carboxylic acids is 1. The minimum Gasteiger partial charge on any atom is -0.410 e. The van der Waals surface area contributed by atoms with Gasteiger partial charge >= 0.3 is 0 Å². The highest BCUT2D eigenvalue weighted by atomic mass is 28.4. The molecule has 0 heterocycles. The van der Waals surface area contributed by atoms with Crippen LogP contribution in [0.4, 0.5) is 0 Å². The van der Waals surface area contributed by atoms with Gasteiger partial charge in [-0.05, 0) is 104 Å². The summed E-state index contributed by atoms with van der Waals surface area (Å²) in [6.07, 6.45) is 14.0. The van der Waals surface area contributed by atoms with Crippen molar-refractivity contribution in [3.05, 3.63) is 35.5 Å². The molecule has 3 aliphatic carbocycles. The molecule has 5 heteroatoms. The van der Waals surface area contributed by atoms with Crippen molar-refractivity contribution in [3.63, 3.8) is 0 Å². The van der Waals surface area contributed by atoms with Crippen LogP contribution < -0.4 is 0 Å². The van der Waals surface area contributed by atoms with Crippen molar-refractivity contribution in [2.24, 2.45) is 23.2 Å². The second-order valence-corrected chi connectivity index (χ2v) is 25.9. The van der Waals surface area contributed by atoms with E-state index in [1.54, 1.807) is 5.57 Å². The van der Waals surface area contributed by atoms with E-state index in [-0.39, 0.29) is 33.6 Å². The summed E-state index contributed by atoms with van der Waals surface area (Å²) >= 11 is 0. The number of allylic oxidation sites excluding steroid dienone is 3. The molecule has 0 N–H and O–H groups in total. The largest absolute Gasteiger partial charge is 0.410 e. The number of carbonyl (C=O) groups is 1. The van der Waals surface area contributed by atoms with Gasteiger partial charge < -0.3 is 13.6 Å². The molecule has 3 unspecified atom stereocenters. The average molecular weight is 573 g/mol. The van der Waals surface area contributed by atoms with Crippen LogP contribution in [0.25, 0.3) is 0 Å². The summed E-state index contributed by atoms with van der Waals surface area (Å²) in [5, 5.41) is 0.299. The first-order chi connectivity index (χ1) is 17.7. The quantitative estimate of drug-likeness (QED) is 0.173. The van der Waals surface area contributed by atoms with Gasteiger partial charge in [0.2, 0.25) is 0 Å². The molecule has 6 atom stereocenters. The predicted molar refractivity (Wildman–Crippen MR) is 172 cm³/mol. The smallest absolute Gasteiger partial charge is 0.192 e. The zero-order chi connectivity index (χ0) is 29.6. The summed E-state index contributed by atoms with van der Waals surface area (Å²) in [5.74, 6) is 1.27. The Balaban J connectivity index is 1.92. The second-order valence-electron chi connectivity index (χ2n) is 16.4. The van der Waals surface area contributed by atoms with Crippen molar-refractivity contribution in [1.82, 2.24) is 0 Å².